The topological polar surface area (TPSA) is 182 Å². The van der Waals surface area contributed by atoms with E-state index in [0.717, 1.165) is 22.7 Å². The first-order chi connectivity index (χ1) is 21.5. The Kier molecular flexibility index (Phi) is 10.3. The van der Waals surface area contributed by atoms with Gasteiger partial charge in [0, 0.05) is 65.9 Å². The maximum atomic E-state index is 13.2. The number of carbonyl (C=O) groups excluding carboxylic acids is 4. The molecule has 0 aliphatic carbocycles. The van der Waals surface area contributed by atoms with E-state index in [2.05, 4.69) is 5.32 Å². The molecule has 0 spiro atoms. The van der Waals surface area contributed by atoms with Crippen molar-refractivity contribution in [2.24, 2.45) is 0 Å². The molecule has 1 aliphatic heterocycles. The standard InChI is InChI=1S/C30H27N5O9S/c1-3-32(4-2)23-13-10-20(26(16-23)44-18-28(37)31-21-6-5-7-24(15-21)35(42)43)14-27-29(38)33(30(39)45-27)17-25(36)19-8-11-22(12-9-19)34(40)41/h5-16H,3-4,17-18H2,1-2H3,(H,31,37)/b27-14+. The molecule has 4 rings (SSSR count). The fraction of sp³-hybridized carbons (Fsp3) is 0.200. The Labute approximate surface area is 260 Å². The number of hydrogen-bond donors (Lipinski definition) is 1. The molecule has 1 heterocycles. The molecule has 1 aliphatic rings. The van der Waals surface area contributed by atoms with Gasteiger partial charge in [0.15, 0.2) is 12.4 Å². The summed E-state index contributed by atoms with van der Waals surface area (Å²) < 4.78 is 5.84. The van der Waals surface area contributed by atoms with E-state index < -0.39 is 45.8 Å². The fourth-order valence-corrected chi connectivity index (χ4v) is 5.20. The SMILES string of the molecule is CCN(CC)c1ccc(/C=C2/SC(=O)N(CC(=O)c3ccc([N+](=O)[O-])cc3)C2=O)c(OCC(=O)Nc2cccc([N+](=O)[O-])c2)c1. The van der Waals surface area contributed by atoms with E-state index in [1.165, 1.54) is 42.5 Å². The van der Waals surface area contributed by atoms with Gasteiger partial charge in [0.2, 0.25) is 0 Å². The second kappa shape index (κ2) is 14.3. The van der Waals surface area contributed by atoms with Gasteiger partial charge in [-0.05, 0) is 62.0 Å². The van der Waals surface area contributed by atoms with Crippen LogP contribution < -0.4 is 15.0 Å². The summed E-state index contributed by atoms with van der Waals surface area (Å²) in [6, 6.07) is 15.5. The highest BCUT2D eigenvalue weighted by molar-refractivity contribution is 8.18. The third-order valence-corrected chi connectivity index (χ3v) is 7.59. The van der Waals surface area contributed by atoms with E-state index in [1.54, 1.807) is 18.2 Å². The summed E-state index contributed by atoms with van der Waals surface area (Å²) in [5.74, 6) is -1.62. The second-order valence-electron chi connectivity index (χ2n) is 9.53. The Morgan fingerprint density at radius 2 is 1.64 bits per heavy atom. The van der Waals surface area contributed by atoms with Crippen LogP contribution in [0.4, 0.5) is 27.5 Å². The molecule has 3 aromatic rings. The lowest BCUT2D eigenvalue weighted by molar-refractivity contribution is -0.385. The molecule has 0 bridgehead atoms. The third-order valence-electron chi connectivity index (χ3n) is 6.69. The minimum absolute atomic E-state index is 0.0259. The highest BCUT2D eigenvalue weighted by Crippen LogP contribution is 2.35. The minimum Gasteiger partial charge on any atom is -0.483 e. The molecular formula is C30H27N5O9S. The van der Waals surface area contributed by atoms with Crippen molar-refractivity contribution in [1.82, 2.24) is 4.90 Å². The zero-order valence-corrected chi connectivity index (χ0v) is 24.9. The third kappa shape index (κ3) is 7.88. The number of imide groups is 1. The van der Waals surface area contributed by atoms with Crippen molar-refractivity contribution in [1.29, 1.82) is 0 Å². The molecule has 232 valence electrons. The van der Waals surface area contributed by atoms with E-state index in [0.29, 0.717) is 30.4 Å². The molecule has 14 nitrogen and oxygen atoms in total. The summed E-state index contributed by atoms with van der Waals surface area (Å²) in [6.07, 6.45) is 1.43. The predicted molar refractivity (Wildman–Crippen MR) is 167 cm³/mol. The Hall–Kier alpha value is -5.57. The van der Waals surface area contributed by atoms with E-state index in [-0.39, 0.29) is 33.3 Å². The van der Waals surface area contributed by atoms with Crippen LogP contribution >= 0.6 is 11.8 Å². The van der Waals surface area contributed by atoms with Gasteiger partial charge in [0.1, 0.15) is 5.75 Å². The number of nitro groups is 2. The number of ether oxygens (including phenoxy) is 1. The van der Waals surface area contributed by atoms with Crippen molar-refractivity contribution in [3.63, 3.8) is 0 Å². The van der Waals surface area contributed by atoms with Crippen molar-refractivity contribution in [2.45, 2.75) is 13.8 Å². The van der Waals surface area contributed by atoms with Gasteiger partial charge in [0.05, 0.1) is 21.3 Å². The first-order valence-corrected chi connectivity index (χ1v) is 14.4. The number of rotatable bonds is 13. The number of nitrogens with one attached hydrogen (secondary N) is 1. The Bertz CT molecular complexity index is 1700. The molecule has 3 amide bonds. The van der Waals surface area contributed by atoms with Crippen LogP contribution in [0, 0.1) is 20.2 Å². The van der Waals surface area contributed by atoms with Crippen molar-refractivity contribution in [2.75, 3.05) is 36.5 Å². The molecular weight excluding hydrogens is 606 g/mol. The maximum absolute atomic E-state index is 13.2. The van der Waals surface area contributed by atoms with Gasteiger partial charge < -0.3 is 15.0 Å². The van der Waals surface area contributed by atoms with Gasteiger partial charge in [-0.3, -0.25) is 44.3 Å². The summed E-state index contributed by atoms with van der Waals surface area (Å²) in [5, 5.41) is 23.8. The lowest BCUT2D eigenvalue weighted by atomic mass is 10.1. The largest absolute Gasteiger partial charge is 0.483 e. The molecule has 0 radical (unpaired) electrons. The number of Topliss-reactive ketones (excluding diaryl/α,β-unsaturated/α-hetero) is 1. The van der Waals surface area contributed by atoms with Crippen molar-refractivity contribution < 1.29 is 33.8 Å². The molecule has 1 N–H and O–H groups in total. The normalized spacial score (nSPS) is 13.6. The quantitative estimate of drug-likeness (QED) is 0.112. The molecule has 1 fully saturated rings. The van der Waals surface area contributed by atoms with Crippen LogP contribution in [0.5, 0.6) is 5.75 Å². The van der Waals surface area contributed by atoms with Gasteiger partial charge in [-0.25, -0.2) is 0 Å². The van der Waals surface area contributed by atoms with E-state index in [1.807, 2.05) is 18.7 Å². The summed E-state index contributed by atoms with van der Waals surface area (Å²) >= 11 is 0.635. The van der Waals surface area contributed by atoms with Crippen LogP contribution in [0.2, 0.25) is 0 Å². The van der Waals surface area contributed by atoms with Crippen LogP contribution in [0.15, 0.2) is 71.6 Å². The molecule has 3 aromatic carbocycles. The van der Waals surface area contributed by atoms with Gasteiger partial charge in [-0.15, -0.1) is 0 Å². The molecule has 0 unspecified atom stereocenters. The lowest BCUT2D eigenvalue weighted by Crippen LogP contribution is -2.33. The van der Waals surface area contributed by atoms with Crippen LogP contribution in [-0.2, 0) is 9.59 Å². The predicted octanol–water partition coefficient (Wildman–Crippen LogP) is 5.29. The first-order valence-electron chi connectivity index (χ1n) is 13.6. The summed E-state index contributed by atoms with van der Waals surface area (Å²) in [4.78, 5) is 74.9. The highest BCUT2D eigenvalue weighted by Gasteiger charge is 2.36. The number of thioether (sulfide) groups is 1. The van der Waals surface area contributed by atoms with Crippen LogP contribution in [0.1, 0.15) is 29.8 Å². The number of ketones is 1. The number of hydrogen-bond acceptors (Lipinski definition) is 11. The maximum Gasteiger partial charge on any atom is 0.293 e. The van der Waals surface area contributed by atoms with Gasteiger partial charge in [-0.1, -0.05) is 6.07 Å². The Balaban J connectivity index is 1.53. The number of amides is 3. The van der Waals surface area contributed by atoms with Crippen LogP contribution in [-0.4, -0.2) is 63.8 Å². The van der Waals surface area contributed by atoms with E-state index >= 15 is 0 Å². The number of non-ortho nitro benzene ring substituents is 2. The van der Waals surface area contributed by atoms with Crippen molar-refractivity contribution in [3.05, 3.63) is 103 Å². The molecule has 0 aromatic heterocycles. The average Bonchev–Trinajstić information content (AvgIpc) is 3.28. The molecule has 15 heteroatoms. The summed E-state index contributed by atoms with van der Waals surface area (Å²) in [5.41, 5.74) is 1.11. The van der Waals surface area contributed by atoms with Crippen molar-refractivity contribution >= 4 is 63.4 Å². The second-order valence-corrected chi connectivity index (χ2v) is 10.5. The smallest absolute Gasteiger partial charge is 0.293 e. The molecule has 45 heavy (non-hydrogen) atoms. The monoisotopic (exact) mass is 633 g/mol. The molecule has 1 saturated heterocycles. The number of nitrogens with zero attached hydrogens (tertiary/aromatic N) is 4. The molecule has 0 saturated carbocycles. The zero-order valence-electron chi connectivity index (χ0n) is 24.1. The fourth-order valence-electron chi connectivity index (χ4n) is 4.37. The summed E-state index contributed by atoms with van der Waals surface area (Å²) in [7, 11) is 0. The summed E-state index contributed by atoms with van der Waals surface area (Å²) in [6.45, 7) is 4.30. The Morgan fingerprint density at radius 1 is 0.956 bits per heavy atom. The van der Waals surface area contributed by atoms with Crippen molar-refractivity contribution in [3.8, 4) is 5.75 Å². The van der Waals surface area contributed by atoms with E-state index in [9.17, 15) is 39.4 Å². The number of anilines is 2. The van der Waals surface area contributed by atoms with Crippen LogP contribution in [0.3, 0.4) is 0 Å². The number of nitro benzene ring substituents is 2. The van der Waals surface area contributed by atoms with Gasteiger partial charge in [0.25, 0.3) is 28.4 Å². The van der Waals surface area contributed by atoms with Gasteiger partial charge in [-0.2, -0.15) is 0 Å². The Morgan fingerprint density at radius 3 is 2.29 bits per heavy atom. The zero-order chi connectivity index (χ0) is 32.7. The lowest BCUT2D eigenvalue weighted by Gasteiger charge is -2.22. The average molecular weight is 634 g/mol. The van der Waals surface area contributed by atoms with E-state index in [4.69, 9.17) is 4.74 Å². The number of carbonyl (C=O) groups is 4. The highest BCUT2D eigenvalue weighted by atomic mass is 32.2. The first kappa shape index (κ1) is 32.3. The van der Waals surface area contributed by atoms with Gasteiger partial charge >= 0.3 is 0 Å². The molecule has 0 atom stereocenters. The minimum atomic E-state index is -0.706. The van der Waals surface area contributed by atoms with Crippen LogP contribution in [0.25, 0.3) is 6.08 Å². The number of benzene rings is 3.